The van der Waals surface area contributed by atoms with Crippen LogP contribution in [0.4, 0.5) is 5.69 Å². The quantitative estimate of drug-likeness (QED) is 0.476. The van der Waals surface area contributed by atoms with Gasteiger partial charge in [-0.3, -0.25) is 14.5 Å². The molecule has 2 amide bonds. The molecule has 4 atom stereocenters. The van der Waals surface area contributed by atoms with Gasteiger partial charge in [0.1, 0.15) is 0 Å². The molecule has 0 saturated carbocycles. The first-order chi connectivity index (χ1) is 15.5. The SMILES string of the molecule is Cc1ccc(N2C(=O)[C@@H]3[C@H](C2=O)[C@H](c2ccc(Br)cc2)N2Cc4ccccc4C[C@@H]32)cc1. The van der Waals surface area contributed by atoms with Gasteiger partial charge in [-0.25, -0.2) is 4.90 Å². The maximum absolute atomic E-state index is 13.8. The molecule has 3 aliphatic heterocycles. The summed E-state index contributed by atoms with van der Waals surface area (Å²) < 4.78 is 1.01. The molecule has 4 nitrogen and oxygen atoms in total. The zero-order valence-corrected chi connectivity index (χ0v) is 19.3. The first-order valence-electron chi connectivity index (χ1n) is 11.1. The second-order valence-electron chi connectivity index (χ2n) is 9.11. The predicted molar refractivity (Wildman–Crippen MR) is 127 cm³/mol. The van der Waals surface area contributed by atoms with Crippen LogP contribution in [0.3, 0.4) is 0 Å². The van der Waals surface area contributed by atoms with Crippen LogP contribution < -0.4 is 4.90 Å². The molecule has 0 aromatic heterocycles. The highest BCUT2D eigenvalue weighted by Crippen LogP contribution is 2.53. The van der Waals surface area contributed by atoms with Crippen LogP contribution in [0.5, 0.6) is 0 Å². The minimum absolute atomic E-state index is 0.0236. The summed E-state index contributed by atoms with van der Waals surface area (Å²) in [5.41, 5.74) is 5.46. The highest BCUT2D eigenvalue weighted by atomic mass is 79.9. The van der Waals surface area contributed by atoms with E-state index >= 15 is 0 Å². The maximum atomic E-state index is 13.8. The van der Waals surface area contributed by atoms with E-state index in [1.54, 1.807) is 0 Å². The van der Waals surface area contributed by atoms with Crippen molar-refractivity contribution in [1.82, 2.24) is 4.90 Å². The minimum Gasteiger partial charge on any atom is -0.287 e. The Hall–Kier alpha value is -2.76. The van der Waals surface area contributed by atoms with Crippen LogP contribution in [0.15, 0.2) is 77.3 Å². The number of carbonyl (C=O) groups is 2. The third kappa shape index (κ3) is 2.91. The molecule has 6 rings (SSSR count). The van der Waals surface area contributed by atoms with Crippen LogP contribution in [0.1, 0.15) is 28.3 Å². The molecule has 0 spiro atoms. The second kappa shape index (κ2) is 7.39. The molecule has 0 aliphatic carbocycles. The number of hydrogen-bond donors (Lipinski definition) is 0. The van der Waals surface area contributed by atoms with Gasteiger partial charge in [-0.05, 0) is 54.3 Å². The largest absolute Gasteiger partial charge is 0.287 e. The molecule has 0 unspecified atom stereocenters. The molecular weight excluding hydrogens is 464 g/mol. The number of imide groups is 1. The van der Waals surface area contributed by atoms with Crippen LogP contribution in [0, 0.1) is 18.8 Å². The number of amides is 2. The van der Waals surface area contributed by atoms with Crippen molar-refractivity contribution in [3.8, 4) is 0 Å². The van der Waals surface area contributed by atoms with Gasteiger partial charge in [0.2, 0.25) is 11.8 Å². The maximum Gasteiger partial charge on any atom is 0.239 e. The zero-order valence-electron chi connectivity index (χ0n) is 17.7. The van der Waals surface area contributed by atoms with Gasteiger partial charge in [0.25, 0.3) is 0 Å². The van der Waals surface area contributed by atoms with E-state index in [4.69, 9.17) is 0 Å². The first kappa shape index (κ1) is 19.9. The van der Waals surface area contributed by atoms with E-state index < -0.39 is 0 Å². The summed E-state index contributed by atoms with van der Waals surface area (Å²) in [5, 5.41) is 0. The standard InChI is InChI=1S/C27H23BrN2O2/c1-16-6-12-21(13-7-16)30-26(31)23-22-14-18-4-2-3-5-19(18)15-29(22)25(24(23)27(30)32)17-8-10-20(28)11-9-17/h2-13,22-25H,14-15H2,1H3/t22-,23-,24-,25-/m0/s1. The molecule has 3 aliphatic rings. The number of halogens is 1. The van der Waals surface area contributed by atoms with Crippen molar-refractivity contribution in [2.75, 3.05) is 4.90 Å². The van der Waals surface area contributed by atoms with Crippen molar-refractivity contribution < 1.29 is 9.59 Å². The number of aryl methyl sites for hydroxylation is 1. The van der Waals surface area contributed by atoms with Crippen molar-refractivity contribution in [3.05, 3.63) is 99.5 Å². The molecule has 5 heteroatoms. The number of anilines is 1. The summed E-state index contributed by atoms with van der Waals surface area (Å²) in [7, 11) is 0. The average molecular weight is 487 g/mol. The van der Waals surface area contributed by atoms with Gasteiger partial charge >= 0.3 is 0 Å². The van der Waals surface area contributed by atoms with E-state index in [1.165, 1.54) is 16.0 Å². The highest BCUT2D eigenvalue weighted by molar-refractivity contribution is 9.10. The number of benzene rings is 3. The van der Waals surface area contributed by atoms with Crippen LogP contribution in [-0.4, -0.2) is 22.8 Å². The number of hydrogen-bond acceptors (Lipinski definition) is 3. The number of rotatable bonds is 2. The van der Waals surface area contributed by atoms with Crippen molar-refractivity contribution in [2.24, 2.45) is 11.8 Å². The van der Waals surface area contributed by atoms with Crippen molar-refractivity contribution in [1.29, 1.82) is 0 Å². The summed E-state index contributed by atoms with van der Waals surface area (Å²) >= 11 is 3.53. The van der Waals surface area contributed by atoms with Crippen molar-refractivity contribution >= 4 is 33.4 Å². The van der Waals surface area contributed by atoms with Gasteiger partial charge in [-0.15, -0.1) is 0 Å². The van der Waals surface area contributed by atoms with E-state index in [1.807, 2.05) is 43.3 Å². The Labute approximate surface area is 196 Å². The molecule has 3 aromatic carbocycles. The Morgan fingerprint density at radius 1 is 0.812 bits per heavy atom. The number of fused-ring (bicyclic) bond motifs is 4. The van der Waals surface area contributed by atoms with E-state index in [0.29, 0.717) is 5.69 Å². The van der Waals surface area contributed by atoms with Crippen LogP contribution in [-0.2, 0) is 22.6 Å². The van der Waals surface area contributed by atoms with Gasteiger partial charge in [0.15, 0.2) is 0 Å². The molecule has 2 saturated heterocycles. The summed E-state index contributed by atoms with van der Waals surface area (Å²) in [6.07, 6.45) is 0.797. The Morgan fingerprint density at radius 3 is 2.19 bits per heavy atom. The smallest absolute Gasteiger partial charge is 0.239 e. The first-order valence-corrected chi connectivity index (χ1v) is 11.8. The third-order valence-corrected chi connectivity index (χ3v) is 7.87. The monoisotopic (exact) mass is 486 g/mol. The summed E-state index contributed by atoms with van der Waals surface area (Å²) in [4.78, 5) is 31.4. The van der Waals surface area contributed by atoms with E-state index in [-0.39, 0.29) is 35.7 Å². The molecular formula is C27H23BrN2O2. The molecule has 2 fully saturated rings. The van der Waals surface area contributed by atoms with E-state index in [2.05, 4.69) is 57.2 Å². The lowest BCUT2D eigenvalue weighted by Gasteiger charge is -2.38. The highest BCUT2D eigenvalue weighted by Gasteiger charge is 2.63. The van der Waals surface area contributed by atoms with Crippen LogP contribution in [0.2, 0.25) is 0 Å². The topological polar surface area (TPSA) is 40.6 Å². The van der Waals surface area contributed by atoms with Gasteiger partial charge < -0.3 is 0 Å². The molecule has 0 radical (unpaired) electrons. The van der Waals surface area contributed by atoms with E-state index in [9.17, 15) is 9.59 Å². The lowest BCUT2D eigenvalue weighted by atomic mass is 9.84. The van der Waals surface area contributed by atoms with Crippen molar-refractivity contribution in [3.63, 3.8) is 0 Å². The number of carbonyl (C=O) groups excluding carboxylic acids is 2. The fourth-order valence-electron chi connectivity index (χ4n) is 5.87. The fraction of sp³-hybridized carbons (Fsp3) is 0.259. The van der Waals surface area contributed by atoms with Crippen molar-refractivity contribution in [2.45, 2.75) is 32.0 Å². The Kier molecular flexibility index (Phi) is 4.60. The van der Waals surface area contributed by atoms with Gasteiger partial charge in [-0.2, -0.15) is 0 Å². The lowest BCUT2D eigenvalue weighted by molar-refractivity contribution is -0.124. The molecule has 160 valence electrons. The Bertz CT molecular complexity index is 1220. The predicted octanol–water partition coefficient (Wildman–Crippen LogP) is 5.04. The third-order valence-electron chi connectivity index (χ3n) is 7.34. The minimum atomic E-state index is -0.371. The molecule has 0 bridgehead atoms. The summed E-state index contributed by atoms with van der Waals surface area (Å²) in [6.45, 7) is 2.77. The number of nitrogens with zero attached hydrogens (tertiary/aromatic N) is 2. The Morgan fingerprint density at radius 2 is 1.47 bits per heavy atom. The lowest BCUT2D eigenvalue weighted by Crippen LogP contribution is -2.44. The van der Waals surface area contributed by atoms with Crippen LogP contribution >= 0.6 is 15.9 Å². The molecule has 0 N–H and O–H groups in total. The van der Waals surface area contributed by atoms with E-state index in [0.717, 1.165) is 28.6 Å². The normalized spacial score (nSPS) is 26.8. The molecule has 3 heterocycles. The van der Waals surface area contributed by atoms with Gasteiger partial charge in [-0.1, -0.05) is 70.0 Å². The Balaban J connectivity index is 1.47. The summed E-state index contributed by atoms with van der Waals surface area (Å²) in [6, 6.07) is 24.3. The average Bonchev–Trinajstić information content (AvgIpc) is 3.26. The van der Waals surface area contributed by atoms with Gasteiger partial charge in [0.05, 0.1) is 17.5 Å². The summed E-state index contributed by atoms with van der Waals surface area (Å²) in [5.74, 6) is -0.830. The fourth-order valence-corrected chi connectivity index (χ4v) is 6.13. The zero-order chi connectivity index (χ0) is 22.0. The van der Waals surface area contributed by atoms with Crippen LogP contribution in [0.25, 0.3) is 0 Å². The van der Waals surface area contributed by atoms with Gasteiger partial charge in [0, 0.05) is 23.1 Å². The second-order valence-corrected chi connectivity index (χ2v) is 10.0. The molecule has 32 heavy (non-hydrogen) atoms. The molecule has 3 aromatic rings.